The Hall–Kier alpha value is -3.30. The number of aromatic nitrogens is 4. The van der Waals surface area contributed by atoms with Crippen LogP contribution in [0.3, 0.4) is 0 Å². The van der Waals surface area contributed by atoms with E-state index in [0.717, 1.165) is 47.2 Å². The Morgan fingerprint density at radius 3 is 2.50 bits per heavy atom. The molecule has 1 aliphatic heterocycles. The van der Waals surface area contributed by atoms with Gasteiger partial charge < -0.3 is 9.42 Å². The molecule has 164 valence electrons. The molecule has 0 saturated carbocycles. The minimum Gasteiger partial charge on any atom is -0.361 e. The lowest BCUT2D eigenvalue weighted by molar-refractivity contribution is 0.0615. The molecule has 1 saturated heterocycles. The highest BCUT2D eigenvalue weighted by molar-refractivity contribution is 7.13. The lowest BCUT2D eigenvalue weighted by Crippen LogP contribution is -2.48. The van der Waals surface area contributed by atoms with Crippen LogP contribution in [0, 0.1) is 13.8 Å². The van der Waals surface area contributed by atoms with Gasteiger partial charge in [-0.3, -0.25) is 9.69 Å². The van der Waals surface area contributed by atoms with Gasteiger partial charge in [-0.15, -0.1) is 16.4 Å². The Labute approximate surface area is 190 Å². The summed E-state index contributed by atoms with van der Waals surface area (Å²) in [5.74, 6) is 1.65. The summed E-state index contributed by atoms with van der Waals surface area (Å²) in [5.41, 5.74) is 2.94. The summed E-state index contributed by atoms with van der Waals surface area (Å²) in [5, 5.41) is 10.6. The molecule has 1 amide bonds. The number of aryl methyl sites for hydroxylation is 2. The number of carbonyl (C=O) groups is 1. The first kappa shape index (κ1) is 20.6. The van der Waals surface area contributed by atoms with Crippen molar-refractivity contribution in [2.45, 2.75) is 20.4 Å². The van der Waals surface area contributed by atoms with Crippen molar-refractivity contribution in [3.8, 4) is 16.4 Å². The van der Waals surface area contributed by atoms with Gasteiger partial charge in [0.2, 0.25) is 5.82 Å². The van der Waals surface area contributed by atoms with Gasteiger partial charge in [-0.1, -0.05) is 29.4 Å². The van der Waals surface area contributed by atoms with E-state index in [0.29, 0.717) is 18.9 Å². The first-order valence-corrected chi connectivity index (χ1v) is 11.5. The van der Waals surface area contributed by atoms with Crippen molar-refractivity contribution in [3.05, 3.63) is 70.7 Å². The van der Waals surface area contributed by atoms with E-state index in [1.54, 1.807) is 16.0 Å². The number of nitrogens with zero attached hydrogens (tertiary/aromatic N) is 6. The molecule has 4 aromatic rings. The largest absolute Gasteiger partial charge is 0.361 e. The Morgan fingerprint density at radius 1 is 1.06 bits per heavy atom. The SMILES string of the molecule is Cc1noc(C)c1CN1CCN(C(=O)c2nc(-c3cccs3)n(-c3ccccc3)n2)CC1. The number of thiophene rings is 1. The quantitative estimate of drug-likeness (QED) is 0.464. The van der Waals surface area contributed by atoms with Crippen LogP contribution in [-0.4, -0.2) is 61.8 Å². The zero-order chi connectivity index (χ0) is 22.1. The third-order valence-electron chi connectivity index (χ3n) is 5.76. The van der Waals surface area contributed by atoms with E-state index < -0.39 is 0 Å². The number of rotatable bonds is 5. The monoisotopic (exact) mass is 448 g/mol. The van der Waals surface area contributed by atoms with Crippen LogP contribution < -0.4 is 0 Å². The standard InChI is InChI=1S/C23H24N6O2S/c1-16-19(17(2)31-26-16)15-27-10-12-28(13-11-27)23(30)21-24-22(20-9-6-14-32-20)29(25-21)18-7-4-3-5-8-18/h3-9,14H,10-13,15H2,1-2H3. The van der Waals surface area contributed by atoms with Crippen molar-refractivity contribution < 1.29 is 9.32 Å². The van der Waals surface area contributed by atoms with Gasteiger partial charge in [0.05, 0.1) is 16.3 Å². The van der Waals surface area contributed by atoms with Gasteiger partial charge in [-0.2, -0.15) is 0 Å². The second kappa shape index (κ2) is 8.68. The topological polar surface area (TPSA) is 80.3 Å². The minimum atomic E-state index is -0.130. The highest BCUT2D eigenvalue weighted by atomic mass is 32.1. The van der Waals surface area contributed by atoms with Gasteiger partial charge in [0, 0.05) is 38.3 Å². The molecule has 0 aliphatic carbocycles. The average Bonchev–Trinajstić information content (AvgIpc) is 3.57. The first-order chi connectivity index (χ1) is 15.6. The molecule has 4 heterocycles. The van der Waals surface area contributed by atoms with Gasteiger partial charge in [0.25, 0.3) is 5.91 Å². The smallest absolute Gasteiger partial charge is 0.293 e. The van der Waals surface area contributed by atoms with Crippen LogP contribution in [0.5, 0.6) is 0 Å². The highest BCUT2D eigenvalue weighted by Gasteiger charge is 2.27. The van der Waals surface area contributed by atoms with E-state index in [9.17, 15) is 4.79 Å². The molecule has 0 unspecified atom stereocenters. The molecule has 0 radical (unpaired) electrons. The second-order valence-corrected chi connectivity index (χ2v) is 8.80. The maximum absolute atomic E-state index is 13.2. The van der Waals surface area contributed by atoms with Crippen LogP contribution in [0.1, 0.15) is 27.6 Å². The van der Waals surface area contributed by atoms with E-state index in [2.05, 4.69) is 20.1 Å². The van der Waals surface area contributed by atoms with E-state index in [1.165, 1.54) is 0 Å². The first-order valence-electron chi connectivity index (χ1n) is 10.6. The number of carbonyl (C=O) groups excluding carboxylic acids is 1. The van der Waals surface area contributed by atoms with E-state index in [4.69, 9.17) is 4.52 Å². The van der Waals surface area contributed by atoms with Crippen LogP contribution >= 0.6 is 11.3 Å². The van der Waals surface area contributed by atoms with Crippen LogP contribution in [0.15, 0.2) is 52.4 Å². The zero-order valence-electron chi connectivity index (χ0n) is 18.1. The molecular formula is C23H24N6O2S. The molecule has 8 nitrogen and oxygen atoms in total. The van der Waals surface area contributed by atoms with Gasteiger partial charge in [0.1, 0.15) is 5.76 Å². The Kier molecular flexibility index (Phi) is 5.59. The molecule has 1 fully saturated rings. The van der Waals surface area contributed by atoms with Crippen molar-refractivity contribution in [2.75, 3.05) is 26.2 Å². The van der Waals surface area contributed by atoms with Gasteiger partial charge >= 0.3 is 0 Å². The zero-order valence-corrected chi connectivity index (χ0v) is 18.9. The average molecular weight is 449 g/mol. The summed E-state index contributed by atoms with van der Waals surface area (Å²) in [6.45, 7) is 7.53. The van der Waals surface area contributed by atoms with E-state index in [1.807, 2.05) is 66.6 Å². The molecule has 0 N–H and O–H groups in total. The summed E-state index contributed by atoms with van der Waals surface area (Å²) < 4.78 is 7.03. The summed E-state index contributed by atoms with van der Waals surface area (Å²) in [4.78, 5) is 23.0. The minimum absolute atomic E-state index is 0.130. The van der Waals surface area contributed by atoms with Crippen molar-refractivity contribution in [1.82, 2.24) is 29.7 Å². The molecule has 0 atom stereocenters. The molecule has 32 heavy (non-hydrogen) atoms. The molecule has 0 bridgehead atoms. The maximum Gasteiger partial charge on any atom is 0.293 e. The van der Waals surface area contributed by atoms with Crippen LogP contribution in [0.2, 0.25) is 0 Å². The third-order valence-corrected chi connectivity index (χ3v) is 6.63. The normalized spacial score (nSPS) is 14.8. The van der Waals surface area contributed by atoms with Gasteiger partial charge in [0.15, 0.2) is 5.82 Å². The number of para-hydroxylation sites is 1. The van der Waals surface area contributed by atoms with Crippen molar-refractivity contribution in [2.24, 2.45) is 0 Å². The van der Waals surface area contributed by atoms with Crippen molar-refractivity contribution in [1.29, 1.82) is 0 Å². The Balaban J connectivity index is 1.33. The van der Waals surface area contributed by atoms with E-state index >= 15 is 0 Å². The van der Waals surface area contributed by atoms with Crippen LogP contribution in [-0.2, 0) is 6.54 Å². The highest BCUT2D eigenvalue weighted by Crippen LogP contribution is 2.26. The molecular weight excluding hydrogens is 424 g/mol. The van der Waals surface area contributed by atoms with Crippen LogP contribution in [0.25, 0.3) is 16.4 Å². The Morgan fingerprint density at radius 2 is 1.84 bits per heavy atom. The number of hydrogen-bond acceptors (Lipinski definition) is 7. The summed E-state index contributed by atoms with van der Waals surface area (Å²) in [6.07, 6.45) is 0. The number of hydrogen-bond donors (Lipinski definition) is 0. The molecule has 5 rings (SSSR count). The molecule has 3 aromatic heterocycles. The summed E-state index contributed by atoms with van der Waals surface area (Å²) in [6, 6.07) is 13.8. The molecule has 1 aliphatic rings. The van der Waals surface area contributed by atoms with E-state index in [-0.39, 0.29) is 11.7 Å². The fourth-order valence-corrected chi connectivity index (χ4v) is 4.62. The fourth-order valence-electron chi connectivity index (χ4n) is 3.92. The van der Waals surface area contributed by atoms with Gasteiger partial charge in [-0.25, -0.2) is 9.67 Å². The summed E-state index contributed by atoms with van der Waals surface area (Å²) in [7, 11) is 0. The molecule has 0 spiro atoms. The fraction of sp³-hybridized carbons (Fsp3) is 0.304. The number of piperazine rings is 1. The van der Waals surface area contributed by atoms with Crippen LogP contribution in [0.4, 0.5) is 0 Å². The predicted octanol–water partition coefficient (Wildman–Crippen LogP) is 3.56. The molecule has 1 aromatic carbocycles. The van der Waals surface area contributed by atoms with Gasteiger partial charge in [-0.05, 0) is 37.4 Å². The van der Waals surface area contributed by atoms with Crippen molar-refractivity contribution in [3.63, 3.8) is 0 Å². The lowest BCUT2D eigenvalue weighted by atomic mass is 10.2. The number of amides is 1. The van der Waals surface area contributed by atoms with Crippen molar-refractivity contribution >= 4 is 17.2 Å². The summed E-state index contributed by atoms with van der Waals surface area (Å²) >= 11 is 1.58. The third kappa shape index (κ3) is 3.96. The lowest BCUT2D eigenvalue weighted by Gasteiger charge is -2.34. The molecule has 9 heteroatoms. The maximum atomic E-state index is 13.2. The predicted molar refractivity (Wildman–Crippen MR) is 122 cm³/mol. The Bertz CT molecular complexity index is 1190. The number of benzene rings is 1. The second-order valence-electron chi connectivity index (χ2n) is 7.85.